The zero-order valence-corrected chi connectivity index (χ0v) is 10.4. The molecule has 2 aromatic rings. The van der Waals surface area contributed by atoms with E-state index < -0.39 is 17.7 Å². The Labute approximate surface area is 103 Å². The average molecular weight is 253 g/mol. The summed E-state index contributed by atoms with van der Waals surface area (Å²) in [6, 6.07) is 5.41. The Balaban J connectivity index is 2.43. The molecule has 0 aliphatic rings. The molecule has 1 heterocycles. The van der Waals surface area contributed by atoms with Crippen LogP contribution in [0.5, 0.6) is 0 Å². The summed E-state index contributed by atoms with van der Waals surface area (Å²) in [6.45, 7) is 3.96. The second-order valence-electron chi connectivity index (χ2n) is 4.01. The molecule has 2 N–H and O–H groups in total. The molecular weight excluding hydrogens is 240 g/mol. The first-order chi connectivity index (χ1) is 8.00. The molecule has 4 heteroatoms. The van der Waals surface area contributed by atoms with Crippen LogP contribution in [0.4, 0.5) is 8.78 Å². The van der Waals surface area contributed by atoms with Gasteiger partial charge in [-0.2, -0.15) is 0 Å². The van der Waals surface area contributed by atoms with E-state index in [9.17, 15) is 8.78 Å². The van der Waals surface area contributed by atoms with E-state index in [1.165, 1.54) is 23.5 Å². The Bertz CT molecular complexity index is 529. The molecule has 0 aliphatic heterocycles. The summed E-state index contributed by atoms with van der Waals surface area (Å²) in [5.41, 5.74) is 7.29. The molecule has 1 aromatic carbocycles. The minimum absolute atomic E-state index is 0.200. The van der Waals surface area contributed by atoms with Crippen LogP contribution in [0.2, 0.25) is 0 Å². The van der Waals surface area contributed by atoms with E-state index in [0.29, 0.717) is 0 Å². The van der Waals surface area contributed by atoms with Crippen LogP contribution < -0.4 is 5.73 Å². The smallest absolute Gasteiger partial charge is 0.163 e. The lowest BCUT2D eigenvalue weighted by atomic mass is 10.0. The number of hydrogen-bond acceptors (Lipinski definition) is 2. The molecule has 90 valence electrons. The lowest BCUT2D eigenvalue weighted by molar-refractivity contribution is 0.495. The Hall–Kier alpha value is -1.26. The maximum Gasteiger partial charge on any atom is 0.163 e. The van der Waals surface area contributed by atoms with Crippen LogP contribution in [0.3, 0.4) is 0 Å². The number of aryl methyl sites for hydroxylation is 2. The number of nitrogens with two attached hydrogens (primary N) is 1. The summed E-state index contributed by atoms with van der Waals surface area (Å²) in [5, 5.41) is 0. The maximum absolute atomic E-state index is 13.6. The second-order valence-corrected chi connectivity index (χ2v) is 5.30. The van der Waals surface area contributed by atoms with Crippen LogP contribution in [-0.2, 0) is 0 Å². The van der Waals surface area contributed by atoms with Crippen LogP contribution in [0.15, 0.2) is 24.3 Å². The second kappa shape index (κ2) is 4.55. The van der Waals surface area contributed by atoms with Gasteiger partial charge in [-0.25, -0.2) is 8.78 Å². The number of thiophene rings is 1. The lowest BCUT2D eigenvalue weighted by Gasteiger charge is -2.11. The fourth-order valence-corrected chi connectivity index (χ4v) is 2.73. The summed E-state index contributed by atoms with van der Waals surface area (Å²) in [6.07, 6.45) is 0. The monoisotopic (exact) mass is 253 g/mol. The van der Waals surface area contributed by atoms with Crippen LogP contribution in [0.25, 0.3) is 0 Å². The van der Waals surface area contributed by atoms with E-state index >= 15 is 0 Å². The Kier molecular flexibility index (Phi) is 3.26. The predicted octanol–water partition coefficient (Wildman–Crippen LogP) is 3.69. The molecular formula is C13H13F2NS. The Morgan fingerprint density at radius 1 is 1.24 bits per heavy atom. The molecule has 0 saturated carbocycles. The summed E-state index contributed by atoms with van der Waals surface area (Å²) < 4.78 is 26.7. The van der Waals surface area contributed by atoms with Crippen molar-refractivity contribution in [3.05, 3.63) is 56.8 Å². The van der Waals surface area contributed by atoms with E-state index in [4.69, 9.17) is 5.73 Å². The first-order valence-electron chi connectivity index (χ1n) is 5.27. The van der Waals surface area contributed by atoms with Gasteiger partial charge in [-0.1, -0.05) is 12.1 Å². The molecule has 0 fully saturated rings. The molecule has 0 spiro atoms. The fraction of sp³-hybridized carbons (Fsp3) is 0.231. The van der Waals surface area contributed by atoms with Gasteiger partial charge < -0.3 is 5.73 Å². The SMILES string of the molecule is Cc1cc(C(N)c2cccc(F)c2F)sc1C. The number of rotatable bonds is 2. The van der Waals surface area contributed by atoms with E-state index in [2.05, 4.69) is 0 Å². The van der Waals surface area contributed by atoms with Crippen LogP contribution in [0, 0.1) is 25.5 Å². The van der Waals surface area contributed by atoms with E-state index in [0.717, 1.165) is 21.4 Å². The normalized spacial score (nSPS) is 12.8. The van der Waals surface area contributed by atoms with Crippen molar-refractivity contribution in [2.45, 2.75) is 19.9 Å². The van der Waals surface area contributed by atoms with Crippen molar-refractivity contribution in [1.82, 2.24) is 0 Å². The molecule has 1 nitrogen and oxygen atoms in total. The standard InChI is InChI=1S/C13H13F2NS/c1-7-6-11(17-8(7)2)13(16)9-4-3-5-10(14)12(9)15/h3-6,13H,16H2,1-2H3. The third-order valence-electron chi connectivity index (χ3n) is 2.81. The highest BCUT2D eigenvalue weighted by atomic mass is 32.1. The Morgan fingerprint density at radius 2 is 1.94 bits per heavy atom. The summed E-state index contributed by atoms with van der Waals surface area (Å²) >= 11 is 1.52. The number of hydrogen-bond donors (Lipinski definition) is 1. The van der Waals surface area contributed by atoms with Crippen molar-refractivity contribution in [1.29, 1.82) is 0 Å². The minimum atomic E-state index is -0.858. The van der Waals surface area contributed by atoms with Crippen molar-refractivity contribution in [3.63, 3.8) is 0 Å². The average Bonchev–Trinajstić information content (AvgIpc) is 2.62. The highest BCUT2D eigenvalue weighted by molar-refractivity contribution is 7.12. The summed E-state index contributed by atoms with van der Waals surface area (Å²) in [7, 11) is 0. The lowest BCUT2D eigenvalue weighted by Crippen LogP contribution is -2.13. The van der Waals surface area contributed by atoms with Crippen molar-refractivity contribution < 1.29 is 8.78 Å². The third kappa shape index (κ3) is 2.23. The van der Waals surface area contributed by atoms with Crippen molar-refractivity contribution in [2.24, 2.45) is 5.73 Å². The molecule has 2 rings (SSSR count). The van der Waals surface area contributed by atoms with Crippen molar-refractivity contribution >= 4 is 11.3 Å². The zero-order valence-electron chi connectivity index (χ0n) is 9.63. The van der Waals surface area contributed by atoms with Crippen molar-refractivity contribution in [2.75, 3.05) is 0 Å². The quantitative estimate of drug-likeness (QED) is 0.867. The molecule has 1 atom stereocenters. The first-order valence-corrected chi connectivity index (χ1v) is 6.08. The molecule has 0 saturated heterocycles. The van der Waals surface area contributed by atoms with Gasteiger partial charge in [0.05, 0.1) is 6.04 Å². The Morgan fingerprint density at radius 3 is 2.53 bits per heavy atom. The van der Waals surface area contributed by atoms with Gasteiger partial charge in [-0.05, 0) is 31.5 Å². The molecule has 17 heavy (non-hydrogen) atoms. The van der Waals surface area contributed by atoms with Crippen molar-refractivity contribution in [3.8, 4) is 0 Å². The largest absolute Gasteiger partial charge is 0.320 e. The maximum atomic E-state index is 13.6. The van der Waals surface area contributed by atoms with E-state index in [-0.39, 0.29) is 5.56 Å². The van der Waals surface area contributed by atoms with Crippen LogP contribution in [-0.4, -0.2) is 0 Å². The van der Waals surface area contributed by atoms with Crippen LogP contribution in [0.1, 0.15) is 26.9 Å². The number of halogens is 2. The molecule has 0 aliphatic carbocycles. The van der Waals surface area contributed by atoms with Gasteiger partial charge in [0, 0.05) is 15.3 Å². The summed E-state index contributed by atoms with van der Waals surface area (Å²) in [4.78, 5) is 2.00. The zero-order chi connectivity index (χ0) is 12.6. The molecule has 1 aromatic heterocycles. The van der Waals surface area contributed by atoms with Gasteiger partial charge in [0.2, 0.25) is 0 Å². The molecule has 0 radical (unpaired) electrons. The van der Waals surface area contributed by atoms with Gasteiger partial charge in [0.1, 0.15) is 0 Å². The molecule has 0 bridgehead atoms. The predicted molar refractivity (Wildman–Crippen MR) is 66.2 cm³/mol. The third-order valence-corrected chi connectivity index (χ3v) is 4.04. The highest BCUT2D eigenvalue weighted by Crippen LogP contribution is 2.30. The van der Waals surface area contributed by atoms with Crippen LogP contribution >= 0.6 is 11.3 Å². The van der Waals surface area contributed by atoms with Gasteiger partial charge >= 0.3 is 0 Å². The minimum Gasteiger partial charge on any atom is -0.320 e. The fourth-order valence-electron chi connectivity index (χ4n) is 1.67. The van der Waals surface area contributed by atoms with Gasteiger partial charge in [0.15, 0.2) is 11.6 Å². The van der Waals surface area contributed by atoms with Gasteiger partial charge in [0.25, 0.3) is 0 Å². The molecule has 0 amide bonds. The number of benzene rings is 1. The molecule has 1 unspecified atom stereocenters. The summed E-state index contributed by atoms with van der Waals surface area (Å²) in [5.74, 6) is -1.72. The van der Waals surface area contributed by atoms with Gasteiger partial charge in [-0.3, -0.25) is 0 Å². The van der Waals surface area contributed by atoms with E-state index in [1.807, 2.05) is 19.9 Å². The van der Waals surface area contributed by atoms with Gasteiger partial charge in [-0.15, -0.1) is 11.3 Å². The highest BCUT2D eigenvalue weighted by Gasteiger charge is 2.18. The van der Waals surface area contributed by atoms with E-state index in [1.54, 1.807) is 0 Å². The first kappa shape index (κ1) is 12.2. The topological polar surface area (TPSA) is 26.0 Å².